The third kappa shape index (κ3) is 2.44. The molecule has 1 amide bonds. The van der Waals surface area contributed by atoms with E-state index in [2.05, 4.69) is 0 Å². The van der Waals surface area contributed by atoms with E-state index >= 15 is 0 Å². The summed E-state index contributed by atoms with van der Waals surface area (Å²) < 4.78 is 27.2. The molecule has 114 valence electrons. The molecule has 2 fully saturated rings. The Balaban J connectivity index is 1.87. The van der Waals surface area contributed by atoms with Crippen LogP contribution in [-0.2, 0) is 10.2 Å². The van der Waals surface area contributed by atoms with E-state index in [1.54, 1.807) is 4.90 Å². The highest BCUT2D eigenvalue weighted by atomic mass is 19.1. The maximum Gasteiger partial charge on any atom is 0.233 e. The normalized spacial score (nSPS) is 22.0. The number of carbonyl (C=O) groups is 1. The number of nitrogens with zero attached hydrogens (tertiary/aromatic N) is 1. The summed E-state index contributed by atoms with van der Waals surface area (Å²) in [5, 5.41) is 9.53. The lowest BCUT2D eigenvalue weighted by Crippen LogP contribution is -2.53. The van der Waals surface area contributed by atoms with Crippen LogP contribution in [0.25, 0.3) is 0 Å². The number of benzene rings is 1. The summed E-state index contributed by atoms with van der Waals surface area (Å²) in [6.45, 7) is 1.01. The Hall–Kier alpha value is -1.49. The fourth-order valence-electron chi connectivity index (χ4n) is 3.38. The van der Waals surface area contributed by atoms with Gasteiger partial charge in [-0.05, 0) is 31.7 Å². The minimum atomic E-state index is -0.833. The van der Waals surface area contributed by atoms with Crippen molar-refractivity contribution >= 4 is 5.91 Å². The second kappa shape index (κ2) is 5.37. The van der Waals surface area contributed by atoms with Crippen molar-refractivity contribution in [3.8, 4) is 0 Å². The van der Waals surface area contributed by atoms with Gasteiger partial charge in [-0.15, -0.1) is 0 Å². The molecule has 0 unspecified atom stereocenters. The topological polar surface area (TPSA) is 40.5 Å². The molecule has 1 heterocycles. The summed E-state index contributed by atoms with van der Waals surface area (Å²) in [6.07, 6.45) is 2.86. The van der Waals surface area contributed by atoms with E-state index in [4.69, 9.17) is 0 Å². The second-order valence-electron chi connectivity index (χ2n) is 6.08. The highest BCUT2D eigenvalue weighted by Gasteiger charge is 2.49. The Morgan fingerprint density at radius 2 is 1.90 bits per heavy atom. The lowest BCUT2D eigenvalue weighted by molar-refractivity contribution is -0.143. The number of piperidine rings is 1. The number of likely N-dealkylation sites (tertiary alicyclic amines) is 1. The zero-order valence-corrected chi connectivity index (χ0v) is 11.8. The first-order chi connectivity index (χ1) is 10.0. The molecule has 1 aromatic carbocycles. The van der Waals surface area contributed by atoms with Gasteiger partial charge in [0.05, 0.1) is 11.5 Å². The zero-order valence-electron chi connectivity index (χ0n) is 11.8. The van der Waals surface area contributed by atoms with E-state index < -0.39 is 17.0 Å². The van der Waals surface area contributed by atoms with Crippen LogP contribution in [0, 0.1) is 11.6 Å². The Labute approximate surface area is 122 Å². The highest BCUT2D eigenvalue weighted by Crippen LogP contribution is 2.46. The number of aliphatic hydroxyl groups excluding tert-OH is 1. The lowest BCUT2D eigenvalue weighted by Gasteiger charge is -2.45. The molecule has 1 saturated heterocycles. The van der Waals surface area contributed by atoms with E-state index in [0.29, 0.717) is 44.3 Å². The van der Waals surface area contributed by atoms with Crippen molar-refractivity contribution < 1.29 is 18.7 Å². The number of carbonyl (C=O) groups excluding carboxylic acids is 1. The molecule has 0 bridgehead atoms. The average Bonchev–Trinajstić information content (AvgIpc) is 2.40. The average molecular weight is 295 g/mol. The number of hydrogen-bond acceptors (Lipinski definition) is 2. The summed E-state index contributed by atoms with van der Waals surface area (Å²) in [7, 11) is 0. The van der Waals surface area contributed by atoms with Gasteiger partial charge in [0.25, 0.3) is 0 Å². The Morgan fingerprint density at radius 3 is 2.43 bits per heavy atom. The van der Waals surface area contributed by atoms with Crippen LogP contribution in [0.1, 0.15) is 37.7 Å². The Morgan fingerprint density at radius 1 is 1.24 bits per heavy atom. The third-order valence-electron chi connectivity index (χ3n) is 4.81. The minimum absolute atomic E-state index is 0.0776. The van der Waals surface area contributed by atoms with Gasteiger partial charge in [0.1, 0.15) is 11.6 Å². The van der Waals surface area contributed by atoms with Crippen molar-refractivity contribution in [3.63, 3.8) is 0 Å². The van der Waals surface area contributed by atoms with Crippen LogP contribution in [0.4, 0.5) is 8.78 Å². The molecule has 1 aliphatic heterocycles. The summed E-state index contributed by atoms with van der Waals surface area (Å²) in [4.78, 5) is 14.5. The minimum Gasteiger partial charge on any atom is -0.393 e. The maximum absolute atomic E-state index is 14.1. The number of rotatable bonds is 2. The predicted octanol–water partition coefficient (Wildman–Crippen LogP) is 2.37. The lowest BCUT2D eigenvalue weighted by atomic mass is 9.63. The van der Waals surface area contributed by atoms with Gasteiger partial charge in [-0.25, -0.2) is 8.78 Å². The molecule has 0 radical (unpaired) electrons. The molecule has 3 nitrogen and oxygen atoms in total. The quantitative estimate of drug-likeness (QED) is 0.910. The molecule has 1 saturated carbocycles. The Kier molecular flexibility index (Phi) is 3.69. The molecular formula is C16H19F2NO2. The number of hydrogen-bond donors (Lipinski definition) is 1. The first-order valence-electron chi connectivity index (χ1n) is 7.46. The van der Waals surface area contributed by atoms with E-state index in [-0.39, 0.29) is 12.0 Å². The maximum atomic E-state index is 14.1. The van der Waals surface area contributed by atoms with Gasteiger partial charge in [0, 0.05) is 24.7 Å². The van der Waals surface area contributed by atoms with Crippen LogP contribution < -0.4 is 0 Å². The van der Waals surface area contributed by atoms with E-state index in [9.17, 15) is 18.7 Å². The molecule has 1 aliphatic carbocycles. The van der Waals surface area contributed by atoms with Crippen LogP contribution in [-0.4, -0.2) is 35.1 Å². The van der Waals surface area contributed by atoms with Gasteiger partial charge in [0.2, 0.25) is 5.91 Å². The molecular weight excluding hydrogens is 276 g/mol. The van der Waals surface area contributed by atoms with Crippen LogP contribution in [0.5, 0.6) is 0 Å². The monoisotopic (exact) mass is 295 g/mol. The molecule has 5 heteroatoms. The predicted molar refractivity (Wildman–Crippen MR) is 73.7 cm³/mol. The van der Waals surface area contributed by atoms with E-state index in [1.165, 1.54) is 12.1 Å². The van der Waals surface area contributed by atoms with Crippen molar-refractivity contribution in [1.29, 1.82) is 0 Å². The molecule has 21 heavy (non-hydrogen) atoms. The number of aliphatic hydroxyl groups is 1. The van der Waals surface area contributed by atoms with Crippen LogP contribution in [0.3, 0.4) is 0 Å². The van der Waals surface area contributed by atoms with Gasteiger partial charge >= 0.3 is 0 Å². The standard InChI is InChI=1S/C16H19F2NO2/c17-11-2-3-13(14(18)10-11)16(6-1-7-16)15(21)19-8-4-12(20)5-9-19/h2-3,10,12,20H,1,4-9H2. The second-order valence-corrected chi connectivity index (χ2v) is 6.08. The highest BCUT2D eigenvalue weighted by molar-refractivity contribution is 5.89. The first kappa shape index (κ1) is 14.4. The molecule has 3 rings (SSSR count). The number of amides is 1. The molecule has 1 aromatic rings. The van der Waals surface area contributed by atoms with Crippen LogP contribution in [0.15, 0.2) is 18.2 Å². The molecule has 1 N–H and O–H groups in total. The van der Waals surface area contributed by atoms with Gasteiger partial charge in [-0.1, -0.05) is 12.5 Å². The van der Waals surface area contributed by atoms with Crippen molar-refractivity contribution in [3.05, 3.63) is 35.4 Å². The zero-order chi connectivity index (χ0) is 15.0. The van der Waals surface area contributed by atoms with Crippen molar-refractivity contribution in [2.24, 2.45) is 0 Å². The fraction of sp³-hybridized carbons (Fsp3) is 0.562. The number of halogens is 2. The SMILES string of the molecule is O=C(N1CCC(O)CC1)C1(c2ccc(F)cc2F)CCC1. The van der Waals surface area contributed by atoms with Crippen LogP contribution in [0.2, 0.25) is 0 Å². The summed E-state index contributed by atoms with van der Waals surface area (Å²) in [6, 6.07) is 3.47. The van der Waals surface area contributed by atoms with Crippen molar-refractivity contribution in [2.75, 3.05) is 13.1 Å². The van der Waals surface area contributed by atoms with Gasteiger partial charge in [0.15, 0.2) is 0 Å². The smallest absolute Gasteiger partial charge is 0.233 e. The van der Waals surface area contributed by atoms with Crippen LogP contribution >= 0.6 is 0 Å². The van der Waals surface area contributed by atoms with Gasteiger partial charge < -0.3 is 10.0 Å². The molecule has 0 atom stereocenters. The largest absolute Gasteiger partial charge is 0.393 e. The van der Waals surface area contributed by atoms with E-state index in [0.717, 1.165) is 12.5 Å². The summed E-state index contributed by atoms with van der Waals surface area (Å²) in [5.41, 5.74) is -0.522. The van der Waals surface area contributed by atoms with Gasteiger partial charge in [-0.2, -0.15) is 0 Å². The van der Waals surface area contributed by atoms with Gasteiger partial charge in [-0.3, -0.25) is 4.79 Å². The van der Waals surface area contributed by atoms with E-state index in [1.807, 2.05) is 0 Å². The fourth-order valence-corrected chi connectivity index (χ4v) is 3.38. The van der Waals surface area contributed by atoms with Crippen molar-refractivity contribution in [1.82, 2.24) is 4.90 Å². The summed E-state index contributed by atoms with van der Waals surface area (Å²) in [5.74, 6) is -1.34. The molecule has 0 aromatic heterocycles. The van der Waals surface area contributed by atoms with Crippen molar-refractivity contribution in [2.45, 2.75) is 43.6 Å². The molecule has 2 aliphatic rings. The Bertz CT molecular complexity index is 549. The first-order valence-corrected chi connectivity index (χ1v) is 7.46. The molecule has 0 spiro atoms. The third-order valence-corrected chi connectivity index (χ3v) is 4.81. The summed E-state index contributed by atoms with van der Waals surface area (Å²) >= 11 is 0.